The quantitative estimate of drug-likeness (QED) is 0.459. The molecule has 4 rings (SSSR count). The normalized spacial score (nSPS) is 24.3. The first-order valence-electron chi connectivity index (χ1n) is 13.7. The molecule has 0 atom stereocenters. The van der Waals surface area contributed by atoms with E-state index >= 15 is 0 Å². The fourth-order valence-electron chi connectivity index (χ4n) is 7.04. The number of piperazine rings is 1. The molecule has 0 aromatic heterocycles. The summed E-state index contributed by atoms with van der Waals surface area (Å²) < 4.78 is 5.63. The van der Waals surface area contributed by atoms with E-state index in [9.17, 15) is 0 Å². The molecule has 1 aromatic carbocycles. The highest BCUT2D eigenvalue weighted by Gasteiger charge is 2.40. The first-order chi connectivity index (χ1) is 15.8. The molecular formula is C29H49N3O. The van der Waals surface area contributed by atoms with Crippen LogP contribution in [-0.4, -0.2) is 63.9 Å². The molecule has 33 heavy (non-hydrogen) atoms. The average Bonchev–Trinajstić information content (AvgIpc) is 2.78. The molecule has 1 saturated carbocycles. The van der Waals surface area contributed by atoms with Crippen LogP contribution in [0.5, 0.6) is 0 Å². The summed E-state index contributed by atoms with van der Waals surface area (Å²) in [6.07, 6.45) is 7.95. The van der Waals surface area contributed by atoms with Crippen LogP contribution < -0.4 is 9.80 Å². The maximum atomic E-state index is 5.63. The van der Waals surface area contributed by atoms with Gasteiger partial charge in [-0.1, -0.05) is 47.5 Å². The molecule has 4 nitrogen and oxygen atoms in total. The van der Waals surface area contributed by atoms with Crippen molar-refractivity contribution in [3.63, 3.8) is 0 Å². The Labute approximate surface area is 203 Å². The van der Waals surface area contributed by atoms with Crippen molar-refractivity contribution in [2.75, 3.05) is 68.8 Å². The van der Waals surface area contributed by atoms with Crippen molar-refractivity contribution in [3.8, 4) is 0 Å². The summed E-state index contributed by atoms with van der Waals surface area (Å²) >= 11 is 0. The van der Waals surface area contributed by atoms with Gasteiger partial charge in [0.25, 0.3) is 0 Å². The van der Waals surface area contributed by atoms with Crippen molar-refractivity contribution in [2.24, 2.45) is 10.8 Å². The molecular weight excluding hydrogens is 406 g/mol. The van der Waals surface area contributed by atoms with E-state index in [0.717, 1.165) is 39.4 Å². The van der Waals surface area contributed by atoms with Gasteiger partial charge in [0.2, 0.25) is 0 Å². The lowest BCUT2D eigenvalue weighted by atomic mass is 9.60. The summed E-state index contributed by atoms with van der Waals surface area (Å²) in [7, 11) is 0. The molecule has 0 spiro atoms. The Kier molecular flexibility index (Phi) is 7.95. The summed E-state index contributed by atoms with van der Waals surface area (Å²) in [5, 5.41) is 0. The zero-order chi connectivity index (χ0) is 23.5. The molecule has 3 aliphatic rings. The van der Waals surface area contributed by atoms with Gasteiger partial charge in [0, 0.05) is 50.6 Å². The molecule has 0 N–H and O–H groups in total. The van der Waals surface area contributed by atoms with Crippen molar-refractivity contribution in [3.05, 3.63) is 23.8 Å². The lowest BCUT2D eigenvalue weighted by Crippen LogP contribution is -2.47. The number of hydrogen-bond acceptors (Lipinski definition) is 4. The molecule has 0 radical (unpaired) electrons. The maximum Gasteiger partial charge on any atom is 0.0642 e. The van der Waals surface area contributed by atoms with E-state index in [1.54, 1.807) is 5.56 Å². The second kappa shape index (κ2) is 10.6. The number of benzene rings is 1. The van der Waals surface area contributed by atoms with E-state index in [0.29, 0.717) is 16.7 Å². The van der Waals surface area contributed by atoms with Crippen molar-refractivity contribution in [1.29, 1.82) is 0 Å². The van der Waals surface area contributed by atoms with E-state index in [1.807, 2.05) is 0 Å². The van der Waals surface area contributed by atoms with Gasteiger partial charge in [-0.25, -0.2) is 0 Å². The zero-order valence-corrected chi connectivity index (χ0v) is 22.2. The third-order valence-corrected chi connectivity index (χ3v) is 8.17. The van der Waals surface area contributed by atoms with Crippen LogP contribution in [0.4, 0.5) is 11.4 Å². The Balaban J connectivity index is 1.57. The highest BCUT2D eigenvalue weighted by molar-refractivity contribution is 5.64. The summed E-state index contributed by atoms with van der Waals surface area (Å²) in [5.41, 5.74) is 5.32. The Hall–Kier alpha value is -1.26. The monoisotopic (exact) mass is 455 g/mol. The Morgan fingerprint density at radius 3 is 2.15 bits per heavy atom. The van der Waals surface area contributed by atoms with E-state index < -0.39 is 0 Å². The van der Waals surface area contributed by atoms with Crippen LogP contribution >= 0.6 is 0 Å². The third-order valence-electron chi connectivity index (χ3n) is 8.17. The first kappa shape index (κ1) is 24.9. The van der Waals surface area contributed by atoms with Gasteiger partial charge in [-0.2, -0.15) is 0 Å². The molecule has 1 aromatic rings. The lowest BCUT2D eigenvalue weighted by Gasteiger charge is -2.46. The molecule has 186 valence electrons. The molecule has 4 heteroatoms. The van der Waals surface area contributed by atoms with Gasteiger partial charge in [0.05, 0.1) is 13.2 Å². The topological polar surface area (TPSA) is 19.0 Å². The van der Waals surface area contributed by atoms with Crippen LogP contribution in [0.25, 0.3) is 0 Å². The number of unbranched alkanes of at least 4 members (excludes halogenated alkanes) is 2. The van der Waals surface area contributed by atoms with Gasteiger partial charge < -0.3 is 14.5 Å². The van der Waals surface area contributed by atoms with E-state index in [2.05, 4.69) is 67.5 Å². The highest BCUT2D eigenvalue weighted by atomic mass is 16.5. The van der Waals surface area contributed by atoms with Crippen molar-refractivity contribution >= 4 is 11.4 Å². The standard InChI is InChI=1S/C29H49N3O/c1-6-7-8-11-30-12-14-32(15-13-30)27-10-9-25(31-16-18-33-19-17-31)20-26(27)24-21-28(2,3)23-29(4,5)22-24/h9-10,20,24H,6-8,11-19,21-23H2,1-5H3. The van der Waals surface area contributed by atoms with Gasteiger partial charge >= 0.3 is 0 Å². The predicted molar refractivity (Wildman–Crippen MR) is 142 cm³/mol. The van der Waals surface area contributed by atoms with Crippen LogP contribution in [0.2, 0.25) is 0 Å². The van der Waals surface area contributed by atoms with Crippen LogP contribution in [0, 0.1) is 10.8 Å². The minimum Gasteiger partial charge on any atom is -0.378 e. The molecule has 0 bridgehead atoms. The predicted octanol–water partition coefficient (Wildman–Crippen LogP) is 6.16. The summed E-state index contributed by atoms with van der Waals surface area (Å²) in [4.78, 5) is 7.91. The van der Waals surface area contributed by atoms with Gasteiger partial charge in [-0.15, -0.1) is 0 Å². The molecule has 0 amide bonds. The molecule has 1 aliphatic carbocycles. The fourth-order valence-corrected chi connectivity index (χ4v) is 7.04. The number of hydrogen-bond donors (Lipinski definition) is 0. The number of rotatable bonds is 7. The second-order valence-electron chi connectivity index (χ2n) is 12.5. The van der Waals surface area contributed by atoms with Gasteiger partial charge in [0.15, 0.2) is 0 Å². The van der Waals surface area contributed by atoms with Crippen LogP contribution in [0.15, 0.2) is 18.2 Å². The van der Waals surface area contributed by atoms with Gasteiger partial charge in [-0.05, 0) is 72.7 Å². The molecule has 2 saturated heterocycles. The summed E-state index contributed by atoms with van der Waals surface area (Å²) in [6, 6.07) is 7.41. The van der Waals surface area contributed by atoms with Crippen LogP contribution in [0.3, 0.4) is 0 Å². The highest BCUT2D eigenvalue weighted by Crippen LogP contribution is 2.53. The fraction of sp³-hybridized carbons (Fsp3) is 0.793. The Bertz CT molecular complexity index is 744. The summed E-state index contributed by atoms with van der Waals surface area (Å²) in [5.74, 6) is 0.641. The second-order valence-corrected chi connectivity index (χ2v) is 12.5. The van der Waals surface area contributed by atoms with Gasteiger partial charge in [-0.3, -0.25) is 4.90 Å². The van der Waals surface area contributed by atoms with E-state index in [4.69, 9.17) is 4.74 Å². The zero-order valence-electron chi connectivity index (χ0n) is 22.2. The van der Waals surface area contributed by atoms with Crippen molar-refractivity contribution in [1.82, 2.24) is 4.90 Å². The minimum absolute atomic E-state index is 0.399. The van der Waals surface area contributed by atoms with Crippen LogP contribution in [0.1, 0.15) is 84.6 Å². The smallest absolute Gasteiger partial charge is 0.0642 e. The average molecular weight is 456 g/mol. The summed E-state index contributed by atoms with van der Waals surface area (Å²) in [6.45, 7) is 22.0. The third kappa shape index (κ3) is 6.45. The lowest BCUT2D eigenvalue weighted by molar-refractivity contribution is 0.0969. The molecule has 2 aliphatic heterocycles. The number of morpholine rings is 1. The largest absolute Gasteiger partial charge is 0.378 e. The van der Waals surface area contributed by atoms with Crippen molar-refractivity contribution in [2.45, 2.75) is 79.1 Å². The minimum atomic E-state index is 0.399. The number of ether oxygens (including phenoxy) is 1. The van der Waals surface area contributed by atoms with E-state index in [1.165, 1.54) is 69.5 Å². The molecule has 2 heterocycles. The Morgan fingerprint density at radius 2 is 1.52 bits per heavy atom. The maximum absolute atomic E-state index is 5.63. The Morgan fingerprint density at radius 1 is 0.848 bits per heavy atom. The SMILES string of the molecule is CCCCCN1CCN(c2ccc(N3CCOCC3)cc2C2CC(C)(C)CC(C)(C)C2)CC1. The van der Waals surface area contributed by atoms with Crippen molar-refractivity contribution < 1.29 is 4.74 Å². The molecule has 0 unspecified atom stereocenters. The number of nitrogens with zero attached hydrogens (tertiary/aromatic N) is 3. The molecule has 3 fully saturated rings. The van der Waals surface area contributed by atoms with Gasteiger partial charge in [0.1, 0.15) is 0 Å². The number of anilines is 2. The first-order valence-corrected chi connectivity index (χ1v) is 13.7. The van der Waals surface area contributed by atoms with Crippen LogP contribution in [-0.2, 0) is 4.74 Å². The van der Waals surface area contributed by atoms with E-state index in [-0.39, 0.29) is 0 Å².